The highest BCUT2D eigenvalue weighted by Gasteiger charge is 2.28. The van der Waals surface area contributed by atoms with Gasteiger partial charge in [-0.3, -0.25) is 10.1 Å². The van der Waals surface area contributed by atoms with Crippen molar-refractivity contribution in [3.63, 3.8) is 0 Å². The van der Waals surface area contributed by atoms with Gasteiger partial charge in [-0.05, 0) is 32.0 Å². The molecule has 5 heteroatoms. The van der Waals surface area contributed by atoms with E-state index < -0.39 is 12.0 Å². The van der Waals surface area contributed by atoms with Crippen molar-refractivity contribution >= 4 is 12.0 Å². The number of alkyl carbamates (subject to hydrolysis) is 1. The molecule has 0 aromatic carbocycles. The van der Waals surface area contributed by atoms with Crippen LogP contribution in [0.1, 0.15) is 40.5 Å². The molecule has 0 spiro atoms. The summed E-state index contributed by atoms with van der Waals surface area (Å²) >= 11 is 0. The van der Waals surface area contributed by atoms with Gasteiger partial charge in [0.25, 0.3) is 5.91 Å². The van der Waals surface area contributed by atoms with Gasteiger partial charge in [0.2, 0.25) is 0 Å². The van der Waals surface area contributed by atoms with E-state index in [1.807, 2.05) is 27.8 Å². The van der Waals surface area contributed by atoms with Gasteiger partial charge in [0, 0.05) is 6.54 Å². The Labute approximate surface area is 109 Å². The first-order valence-electron chi connectivity index (χ1n) is 6.52. The van der Waals surface area contributed by atoms with E-state index in [0.717, 1.165) is 25.1 Å². The predicted molar refractivity (Wildman–Crippen MR) is 71.1 cm³/mol. The van der Waals surface area contributed by atoms with Gasteiger partial charge in [0.15, 0.2) is 5.76 Å². The summed E-state index contributed by atoms with van der Waals surface area (Å²) in [7, 11) is 2.01. The molecule has 18 heavy (non-hydrogen) atoms. The fourth-order valence-corrected chi connectivity index (χ4v) is 1.48. The summed E-state index contributed by atoms with van der Waals surface area (Å²) in [5.41, 5.74) is 0.892. The summed E-state index contributed by atoms with van der Waals surface area (Å²) in [6, 6.07) is 0. The number of hydrogen-bond donors (Lipinski definition) is 1. The Morgan fingerprint density at radius 2 is 1.89 bits per heavy atom. The van der Waals surface area contributed by atoms with Crippen molar-refractivity contribution in [1.29, 1.82) is 0 Å². The van der Waals surface area contributed by atoms with Gasteiger partial charge in [-0.15, -0.1) is 0 Å². The quantitative estimate of drug-likeness (QED) is 0.767. The zero-order valence-electron chi connectivity index (χ0n) is 12.0. The Morgan fingerprint density at radius 3 is 2.28 bits per heavy atom. The van der Waals surface area contributed by atoms with Crippen LogP contribution in [0.25, 0.3) is 0 Å². The molecule has 0 bridgehead atoms. The minimum atomic E-state index is -0.671. The molecule has 0 radical (unpaired) electrons. The van der Waals surface area contributed by atoms with Crippen molar-refractivity contribution in [3.05, 3.63) is 11.3 Å². The molecule has 0 aromatic heterocycles. The number of hydrogen-bond acceptors (Lipinski definition) is 4. The highest BCUT2D eigenvalue weighted by Crippen LogP contribution is 2.18. The first kappa shape index (κ1) is 16.6. The van der Waals surface area contributed by atoms with Gasteiger partial charge in [-0.1, -0.05) is 27.7 Å². The topological polar surface area (TPSA) is 58.6 Å². The van der Waals surface area contributed by atoms with Gasteiger partial charge in [0.05, 0.1) is 0 Å². The van der Waals surface area contributed by atoms with Crippen LogP contribution in [-0.4, -0.2) is 37.0 Å². The summed E-state index contributed by atoms with van der Waals surface area (Å²) in [5, 5.41) is 2.11. The predicted octanol–water partition coefficient (Wildman–Crippen LogP) is 2.28. The minimum absolute atomic E-state index is 0.192. The normalized spacial score (nSPS) is 17.0. The van der Waals surface area contributed by atoms with Crippen LogP contribution in [0.2, 0.25) is 0 Å². The number of carbonyl (C=O) groups excluding carboxylic acids is 2. The van der Waals surface area contributed by atoms with E-state index in [1.54, 1.807) is 0 Å². The fraction of sp³-hybridized carbons (Fsp3) is 0.692. The van der Waals surface area contributed by atoms with E-state index in [-0.39, 0.29) is 5.76 Å². The molecule has 1 heterocycles. The average molecular weight is 256 g/mol. The van der Waals surface area contributed by atoms with E-state index >= 15 is 0 Å². The molecule has 1 aliphatic rings. The molecular formula is C13H24N2O3. The monoisotopic (exact) mass is 256 g/mol. The van der Waals surface area contributed by atoms with E-state index in [4.69, 9.17) is 4.74 Å². The van der Waals surface area contributed by atoms with E-state index in [1.165, 1.54) is 0 Å². The minimum Gasteiger partial charge on any atom is -0.404 e. The van der Waals surface area contributed by atoms with Crippen LogP contribution in [0.15, 0.2) is 11.3 Å². The zero-order valence-corrected chi connectivity index (χ0v) is 12.0. The fourth-order valence-electron chi connectivity index (χ4n) is 1.48. The Bertz CT molecular complexity index is 324. The Balaban J connectivity index is 0.00000137. The van der Waals surface area contributed by atoms with Crippen LogP contribution in [-0.2, 0) is 9.53 Å². The Morgan fingerprint density at radius 1 is 1.28 bits per heavy atom. The van der Waals surface area contributed by atoms with Crippen molar-refractivity contribution in [2.45, 2.75) is 40.5 Å². The maximum atomic E-state index is 11.4. The molecule has 1 aliphatic heterocycles. The summed E-state index contributed by atoms with van der Waals surface area (Å²) < 4.78 is 4.85. The molecule has 0 aromatic rings. The van der Waals surface area contributed by atoms with Crippen LogP contribution in [0.5, 0.6) is 0 Å². The van der Waals surface area contributed by atoms with Crippen molar-refractivity contribution < 1.29 is 14.3 Å². The van der Waals surface area contributed by atoms with Gasteiger partial charge in [-0.25, -0.2) is 4.79 Å². The second-order valence-electron chi connectivity index (χ2n) is 3.78. The molecule has 1 fully saturated rings. The highest BCUT2D eigenvalue weighted by atomic mass is 16.6. The van der Waals surface area contributed by atoms with Crippen LogP contribution in [0.3, 0.4) is 0 Å². The lowest BCUT2D eigenvalue weighted by Crippen LogP contribution is -2.21. The number of carbonyl (C=O) groups is 2. The number of amides is 2. The molecule has 1 saturated heterocycles. The van der Waals surface area contributed by atoms with Gasteiger partial charge in [-0.2, -0.15) is 0 Å². The van der Waals surface area contributed by atoms with Crippen LogP contribution < -0.4 is 5.32 Å². The number of cyclic esters (lactones) is 1. The summed E-state index contributed by atoms with van der Waals surface area (Å²) in [6.07, 6.45) is 0.791. The number of rotatable bonds is 5. The SMILES string of the molecule is CC.CC/C(CCN(C)CC)=C1\OC(=O)NC1=O. The molecule has 2 amide bonds. The lowest BCUT2D eigenvalue weighted by atomic mass is 10.1. The lowest BCUT2D eigenvalue weighted by Gasteiger charge is -2.14. The van der Waals surface area contributed by atoms with E-state index in [0.29, 0.717) is 6.42 Å². The van der Waals surface area contributed by atoms with Gasteiger partial charge < -0.3 is 9.64 Å². The number of imide groups is 1. The van der Waals surface area contributed by atoms with Crippen LogP contribution in [0.4, 0.5) is 4.79 Å². The zero-order chi connectivity index (χ0) is 14.1. The van der Waals surface area contributed by atoms with Crippen molar-refractivity contribution in [2.24, 2.45) is 0 Å². The first-order chi connectivity index (χ1) is 8.58. The molecule has 5 nitrogen and oxygen atoms in total. The number of nitrogens with one attached hydrogen (secondary N) is 1. The maximum absolute atomic E-state index is 11.4. The number of nitrogens with zero attached hydrogens (tertiary/aromatic N) is 1. The van der Waals surface area contributed by atoms with Gasteiger partial charge in [0.1, 0.15) is 0 Å². The third-order valence-electron chi connectivity index (χ3n) is 2.70. The largest absolute Gasteiger partial charge is 0.419 e. The number of ether oxygens (including phenoxy) is 1. The van der Waals surface area contributed by atoms with Gasteiger partial charge >= 0.3 is 6.09 Å². The maximum Gasteiger partial charge on any atom is 0.419 e. The Kier molecular flexibility index (Phi) is 8.03. The van der Waals surface area contributed by atoms with E-state index in [9.17, 15) is 9.59 Å². The molecule has 0 atom stereocenters. The standard InChI is InChI=1S/C11H18N2O3.C2H6/c1-4-8(6-7-13(3)5-2)9-10(14)12-11(15)16-9;1-2/h4-7H2,1-3H3,(H,12,14,15);1-2H3/b9-8+;. The third-order valence-corrected chi connectivity index (χ3v) is 2.70. The molecule has 1 N–H and O–H groups in total. The van der Waals surface area contributed by atoms with Crippen molar-refractivity contribution in [2.75, 3.05) is 20.1 Å². The van der Waals surface area contributed by atoms with Crippen LogP contribution >= 0.6 is 0 Å². The smallest absolute Gasteiger partial charge is 0.404 e. The lowest BCUT2D eigenvalue weighted by molar-refractivity contribution is -0.116. The molecule has 1 rings (SSSR count). The second-order valence-corrected chi connectivity index (χ2v) is 3.78. The summed E-state index contributed by atoms with van der Waals surface area (Å²) in [4.78, 5) is 24.4. The molecule has 0 unspecified atom stereocenters. The third kappa shape index (κ3) is 4.87. The molecule has 0 aliphatic carbocycles. The summed E-state index contributed by atoms with van der Waals surface area (Å²) in [6.45, 7) is 9.83. The average Bonchev–Trinajstić information content (AvgIpc) is 2.71. The molecule has 104 valence electrons. The van der Waals surface area contributed by atoms with Crippen LogP contribution in [0, 0.1) is 0 Å². The highest BCUT2D eigenvalue weighted by molar-refractivity contribution is 6.07. The summed E-state index contributed by atoms with van der Waals surface area (Å²) in [5.74, 6) is -0.224. The molecule has 0 saturated carbocycles. The Hall–Kier alpha value is -1.36. The first-order valence-corrected chi connectivity index (χ1v) is 6.52. The second kappa shape index (κ2) is 8.69. The van der Waals surface area contributed by atoms with Crippen molar-refractivity contribution in [3.8, 4) is 0 Å². The van der Waals surface area contributed by atoms with Crippen molar-refractivity contribution in [1.82, 2.24) is 10.2 Å². The molecular weight excluding hydrogens is 232 g/mol. The van der Waals surface area contributed by atoms with E-state index in [2.05, 4.69) is 17.1 Å².